The summed E-state index contributed by atoms with van der Waals surface area (Å²) >= 11 is 6.16. The Labute approximate surface area is 101 Å². The number of halogens is 1. The molecule has 0 spiro atoms. The maximum atomic E-state index is 9.09. The molecule has 0 saturated heterocycles. The molecule has 0 bridgehead atoms. The number of rotatable bonds is 3. The second-order valence-corrected chi connectivity index (χ2v) is 4.20. The summed E-state index contributed by atoms with van der Waals surface area (Å²) in [7, 11) is 0. The normalized spacial score (nSPS) is 11.6. The SMILES string of the molecule is CCC(C)c1c(Cl)cc(CC#N)cc1C#N. The molecule has 0 aliphatic carbocycles. The van der Waals surface area contributed by atoms with Gasteiger partial charge in [-0.25, -0.2) is 0 Å². The fraction of sp³-hybridized carbons (Fsp3) is 0.385. The molecule has 0 amide bonds. The summed E-state index contributed by atoms with van der Waals surface area (Å²) in [6.45, 7) is 4.11. The van der Waals surface area contributed by atoms with Crippen LogP contribution in [0.25, 0.3) is 0 Å². The van der Waals surface area contributed by atoms with Gasteiger partial charge in [0, 0.05) is 5.02 Å². The van der Waals surface area contributed by atoms with Gasteiger partial charge in [0.15, 0.2) is 0 Å². The molecule has 1 rings (SSSR count). The van der Waals surface area contributed by atoms with Crippen LogP contribution in [0.4, 0.5) is 0 Å². The highest BCUT2D eigenvalue weighted by Crippen LogP contribution is 2.31. The van der Waals surface area contributed by atoms with Crippen molar-refractivity contribution in [3.63, 3.8) is 0 Å². The number of hydrogen-bond acceptors (Lipinski definition) is 2. The summed E-state index contributed by atoms with van der Waals surface area (Å²) in [6.07, 6.45) is 1.22. The van der Waals surface area contributed by atoms with E-state index in [-0.39, 0.29) is 12.3 Å². The standard InChI is InChI=1S/C13H13ClN2/c1-3-9(2)13-11(8-16)6-10(4-5-15)7-12(13)14/h6-7,9H,3-4H2,1-2H3. The minimum absolute atomic E-state index is 0.262. The van der Waals surface area contributed by atoms with Crippen molar-refractivity contribution < 1.29 is 0 Å². The predicted octanol–water partition coefficient (Wildman–Crippen LogP) is 3.79. The lowest BCUT2D eigenvalue weighted by Crippen LogP contribution is -1.99. The lowest BCUT2D eigenvalue weighted by atomic mass is 9.92. The van der Waals surface area contributed by atoms with E-state index in [0.29, 0.717) is 10.6 Å². The molecule has 82 valence electrons. The number of nitriles is 2. The summed E-state index contributed by atoms with van der Waals surface area (Å²) < 4.78 is 0. The first kappa shape index (κ1) is 12.6. The van der Waals surface area contributed by atoms with Crippen LogP contribution in [0, 0.1) is 22.7 Å². The summed E-state index contributed by atoms with van der Waals surface area (Å²) in [6, 6.07) is 7.76. The van der Waals surface area contributed by atoms with Crippen molar-refractivity contribution in [2.45, 2.75) is 32.6 Å². The molecule has 0 heterocycles. The molecule has 1 aromatic carbocycles. The largest absolute Gasteiger partial charge is 0.198 e. The lowest BCUT2D eigenvalue weighted by molar-refractivity contribution is 0.731. The first-order valence-corrected chi connectivity index (χ1v) is 5.61. The van der Waals surface area contributed by atoms with E-state index in [0.717, 1.165) is 17.5 Å². The molecule has 2 nitrogen and oxygen atoms in total. The molecule has 0 aliphatic heterocycles. The van der Waals surface area contributed by atoms with Crippen LogP contribution >= 0.6 is 11.6 Å². The highest BCUT2D eigenvalue weighted by atomic mass is 35.5. The Morgan fingerprint density at radius 3 is 2.56 bits per heavy atom. The molecule has 0 N–H and O–H groups in total. The fourth-order valence-corrected chi connectivity index (χ4v) is 2.09. The van der Waals surface area contributed by atoms with Crippen molar-refractivity contribution in [2.24, 2.45) is 0 Å². The topological polar surface area (TPSA) is 47.6 Å². The number of benzene rings is 1. The molecule has 0 aliphatic rings. The lowest BCUT2D eigenvalue weighted by Gasteiger charge is -2.14. The minimum atomic E-state index is 0.262. The molecule has 1 aromatic rings. The van der Waals surface area contributed by atoms with Crippen LogP contribution in [-0.4, -0.2) is 0 Å². The monoisotopic (exact) mass is 232 g/mol. The van der Waals surface area contributed by atoms with Crippen LogP contribution in [0.15, 0.2) is 12.1 Å². The second kappa shape index (κ2) is 5.54. The van der Waals surface area contributed by atoms with Crippen molar-refractivity contribution >= 4 is 11.6 Å². The Balaban J connectivity index is 3.31. The van der Waals surface area contributed by atoms with E-state index in [4.69, 9.17) is 22.1 Å². The van der Waals surface area contributed by atoms with E-state index in [2.05, 4.69) is 19.1 Å². The summed E-state index contributed by atoms with van der Waals surface area (Å²) in [5.41, 5.74) is 2.29. The number of nitrogens with zero attached hydrogens (tertiary/aromatic N) is 2. The Morgan fingerprint density at radius 1 is 1.38 bits per heavy atom. The molecular weight excluding hydrogens is 220 g/mol. The van der Waals surface area contributed by atoms with Crippen LogP contribution in [-0.2, 0) is 6.42 Å². The minimum Gasteiger partial charge on any atom is -0.198 e. The van der Waals surface area contributed by atoms with E-state index in [9.17, 15) is 0 Å². The molecule has 0 fully saturated rings. The van der Waals surface area contributed by atoms with Gasteiger partial charge in [0.1, 0.15) is 0 Å². The van der Waals surface area contributed by atoms with Gasteiger partial charge in [-0.15, -0.1) is 0 Å². The van der Waals surface area contributed by atoms with Gasteiger partial charge >= 0.3 is 0 Å². The van der Waals surface area contributed by atoms with Crippen molar-refractivity contribution in [2.75, 3.05) is 0 Å². The first-order valence-electron chi connectivity index (χ1n) is 5.23. The summed E-state index contributed by atoms with van der Waals surface area (Å²) in [5, 5.41) is 18.3. The number of hydrogen-bond donors (Lipinski definition) is 0. The van der Waals surface area contributed by atoms with Gasteiger partial charge in [-0.3, -0.25) is 0 Å². The predicted molar refractivity (Wildman–Crippen MR) is 64.2 cm³/mol. The van der Waals surface area contributed by atoms with Gasteiger partial charge in [-0.1, -0.05) is 25.4 Å². The molecule has 0 saturated carbocycles. The van der Waals surface area contributed by atoms with Crippen LogP contribution in [0.3, 0.4) is 0 Å². The maximum Gasteiger partial charge on any atom is 0.0995 e. The van der Waals surface area contributed by atoms with Gasteiger partial charge < -0.3 is 0 Å². The van der Waals surface area contributed by atoms with Crippen LogP contribution in [0.1, 0.15) is 42.9 Å². The Morgan fingerprint density at radius 2 is 2.06 bits per heavy atom. The first-order chi connectivity index (χ1) is 7.63. The smallest absolute Gasteiger partial charge is 0.0995 e. The Hall–Kier alpha value is -1.51. The third-order valence-electron chi connectivity index (χ3n) is 2.70. The maximum absolute atomic E-state index is 9.09. The molecule has 3 heteroatoms. The van der Waals surface area contributed by atoms with Crippen molar-refractivity contribution in [3.05, 3.63) is 33.8 Å². The van der Waals surface area contributed by atoms with E-state index in [1.807, 2.05) is 6.92 Å². The molecule has 1 unspecified atom stereocenters. The molecular formula is C13H13ClN2. The second-order valence-electron chi connectivity index (χ2n) is 3.79. The molecule has 0 radical (unpaired) electrons. The van der Waals surface area contributed by atoms with E-state index >= 15 is 0 Å². The van der Waals surface area contributed by atoms with Gasteiger partial charge in [0.25, 0.3) is 0 Å². The van der Waals surface area contributed by atoms with E-state index in [1.165, 1.54) is 0 Å². The van der Waals surface area contributed by atoms with Crippen molar-refractivity contribution in [1.29, 1.82) is 10.5 Å². The zero-order valence-corrected chi connectivity index (χ0v) is 10.2. The van der Waals surface area contributed by atoms with Crippen molar-refractivity contribution in [3.8, 4) is 12.1 Å². The Kier molecular flexibility index (Phi) is 4.35. The zero-order chi connectivity index (χ0) is 12.1. The van der Waals surface area contributed by atoms with E-state index in [1.54, 1.807) is 12.1 Å². The van der Waals surface area contributed by atoms with Crippen LogP contribution < -0.4 is 0 Å². The van der Waals surface area contributed by atoms with Gasteiger partial charge in [0.05, 0.1) is 24.1 Å². The van der Waals surface area contributed by atoms with Crippen LogP contribution in [0.2, 0.25) is 5.02 Å². The van der Waals surface area contributed by atoms with Gasteiger partial charge in [-0.2, -0.15) is 10.5 Å². The molecule has 16 heavy (non-hydrogen) atoms. The molecule has 1 atom stereocenters. The zero-order valence-electron chi connectivity index (χ0n) is 9.42. The third-order valence-corrected chi connectivity index (χ3v) is 3.01. The third kappa shape index (κ3) is 2.54. The van der Waals surface area contributed by atoms with Crippen molar-refractivity contribution in [1.82, 2.24) is 0 Å². The average molecular weight is 233 g/mol. The quantitative estimate of drug-likeness (QED) is 0.796. The van der Waals surface area contributed by atoms with Gasteiger partial charge in [0.2, 0.25) is 0 Å². The summed E-state index contributed by atoms with van der Waals surface area (Å²) in [5.74, 6) is 0.262. The Bertz CT molecular complexity index is 466. The summed E-state index contributed by atoms with van der Waals surface area (Å²) in [4.78, 5) is 0. The van der Waals surface area contributed by atoms with E-state index < -0.39 is 0 Å². The average Bonchev–Trinajstić information content (AvgIpc) is 2.27. The molecule has 0 aromatic heterocycles. The highest BCUT2D eigenvalue weighted by molar-refractivity contribution is 6.31. The fourth-order valence-electron chi connectivity index (χ4n) is 1.66. The highest BCUT2D eigenvalue weighted by Gasteiger charge is 2.14. The van der Waals surface area contributed by atoms with Gasteiger partial charge in [-0.05, 0) is 35.6 Å². The van der Waals surface area contributed by atoms with Crippen LogP contribution in [0.5, 0.6) is 0 Å².